The molecular formula is C14H15N3O3. The van der Waals surface area contributed by atoms with E-state index >= 15 is 0 Å². The first kappa shape index (κ1) is 13.9. The first-order valence-corrected chi connectivity index (χ1v) is 6.36. The largest absolute Gasteiger partial charge is 0.480 e. The number of carboxylic acids is 1. The lowest BCUT2D eigenvalue weighted by Gasteiger charge is -2.13. The van der Waals surface area contributed by atoms with E-state index in [0.717, 1.165) is 0 Å². The fraction of sp³-hybridized carbons (Fsp3) is 0.286. The molecule has 0 aliphatic heterocycles. The predicted molar refractivity (Wildman–Crippen MR) is 73.3 cm³/mol. The zero-order valence-corrected chi connectivity index (χ0v) is 11.0. The molecule has 6 heteroatoms. The molecule has 1 atom stereocenters. The highest BCUT2D eigenvalue weighted by molar-refractivity contribution is 5.99. The topological polar surface area (TPSA) is 92.2 Å². The first-order valence-electron chi connectivity index (χ1n) is 6.36. The molecule has 0 aliphatic carbocycles. The summed E-state index contributed by atoms with van der Waals surface area (Å²) in [6, 6.07) is 4.03. The Labute approximate surface area is 115 Å². The van der Waals surface area contributed by atoms with E-state index in [1.54, 1.807) is 30.6 Å². The summed E-state index contributed by atoms with van der Waals surface area (Å²) < 4.78 is 0. The summed E-state index contributed by atoms with van der Waals surface area (Å²) in [5, 5.41) is 11.5. The maximum absolute atomic E-state index is 12.1. The van der Waals surface area contributed by atoms with Gasteiger partial charge >= 0.3 is 5.97 Å². The molecule has 6 nitrogen and oxygen atoms in total. The third-order valence-corrected chi connectivity index (χ3v) is 2.91. The van der Waals surface area contributed by atoms with Crippen molar-refractivity contribution in [1.29, 1.82) is 0 Å². The van der Waals surface area contributed by atoms with Gasteiger partial charge in [0.2, 0.25) is 0 Å². The van der Waals surface area contributed by atoms with Crippen molar-refractivity contribution in [3.8, 4) is 0 Å². The molecule has 1 heterocycles. The molecule has 2 rings (SSSR count). The van der Waals surface area contributed by atoms with E-state index in [1.807, 2.05) is 6.92 Å². The smallest absolute Gasteiger partial charge is 0.326 e. The highest BCUT2D eigenvalue weighted by Crippen LogP contribution is 2.11. The van der Waals surface area contributed by atoms with Crippen LogP contribution in [0.3, 0.4) is 0 Å². The summed E-state index contributed by atoms with van der Waals surface area (Å²) in [7, 11) is 0. The number of rotatable bonds is 5. The quantitative estimate of drug-likeness (QED) is 0.863. The second-order valence-electron chi connectivity index (χ2n) is 4.41. The van der Waals surface area contributed by atoms with Gasteiger partial charge in [0, 0.05) is 18.0 Å². The third kappa shape index (κ3) is 3.09. The Morgan fingerprint density at radius 3 is 2.60 bits per heavy atom. The lowest BCUT2D eigenvalue weighted by molar-refractivity contribution is -0.139. The molecule has 1 aromatic heterocycles. The fourth-order valence-electron chi connectivity index (χ4n) is 1.89. The third-order valence-electron chi connectivity index (χ3n) is 2.91. The molecule has 0 radical (unpaired) electrons. The van der Waals surface area contributed by atoms with Crippen molar-refractivity contribution >= 4 is 22.9 Å². The Balaban J connectivity index is 2.20. The number of aliphatic carboxylic acids is 1. The van der Waals surface area contributed by atoms with Crippen LogP contribution < -0.4 is 5.32 Å². The summed E-state index contributed by atoms with van der Waals surface area (Å²) in [4.78, 5) is 31.3. The summed E-state index contributed by atoms with van der Waals surface area (Å²) in [6.45, 7) is 1.87. The van der Waals surface area contributed by atoms with E-state index in [2.05, 4.69) is 15.3 Å². The van der Waals surface area contributed by atoms with Crippen molar-refractivity contribution in [2.75, 3.05) is 0 Å². The number of nitrogens with zero attached hydrogens (tertiary/aromatic N) is 2. The van der Waals surface area contributed by atoms with E-state index in [4.69, 9.17) is 5.11 Å². The number of hydrogen-bond acceptors (Lipinski definition) is 4. The second kappa shape index (κ2) is 6.10. The number of fused-ring (bicyclic) bond motifs is 1. The summed E-state index contributed by atoms with van der Waals surface area (Å²) in [5.41, 5.74) is 1.66. The average Bonchev–Trinajstić information content (AvgIpc) is 2.46. The number of carbonyl (C=O) groups excluding carboxylic acids is 1. The minimum atomic E-state index is -1.03. The highest BCUT2D eigenvalue weighted by atomic mass is 16.4. The minimum Gasteiger partial charge on any atom is -0.480 e. The first-order chi connectivity index (χ1) is 9.61. The molecule has 1 aromatic carbocycles. The van der Waals surface area contributed by atoms with Crippen LogP contribution in [0.4, 0.5) is 0 Å². The number of carboxylic acid groups (broad SMARTS) is 1. The highest BCUT2D eigenvalue weighted by Gasteiger charge is 2.19. The Morgan fingerprint density at radius 1 is 1.25 bits per heavy atom. The van der Waals surface area contributed by atoms with Gasteiger partial charge in [0.1, 0.15) is 6.04 Å². The van der Waals surface area contributed by atoms with Crippen LogP contribution >= 0.6 is 0 Å². The molecular weight excluding hydrogens is 258 g/mol. The predicted octanol–water partition coefficient (Wildman–Crippen LogP) is 1.61. The number of benzene rings is 1. The number of carbonyl (C=O) groups is 2. The summed E-state index contributed by atoms with van der Waals surface area (Å²) in [6.07, 6.45) is 4.19. The monoisotopic (exact) mass is 273 g/mol. The van der Waals surface area contributed by atoms with Crippen LogP contribution in [0, 0.1) is 0 Å². The number of amides is 1. The molecule has 2 N–H and O–H groups in total. The number of hydrogen-bond donors (Lipinski definition) is 2. The zero-order chi connectivity index (χ0) is 14.5. The van der Waals surface area contributed by atoms with Crippen LogP contribution in [0.1, 0.15) is 30.1 Å². The lowest BCUT2D eigenvalue weighted by atomic mass is 10.1. The molecule has 2 aromatic rings. The van der Waals surface area contributed by atoms with Crippen LogP contribution in [-0.2, 0) is 4.79 Å². The van der Waals surface area contributed by atoms with Gasteiger partial charge in [0.25, 0.3) is 5.91 Å². The molecule has 0 fully saturated rings. The number of aromatic nitrogens is 2. The van der Waals surface area contributed by atoms with Gasteiger partial charge in [-0.05, 0) is 24.6 Å². The summed E-state index contributed by atoms with van der Waals surface area (Å²) >= 11 is 0. The Hall–Kier alpha value is -2.50. The van der Waals surface area contributed by atoms with Gasteiger partial charge in [-0.2, -0.15) is 0 Å². The molecule has 0 spiro atoms. The maximum atomic E-state index is 12.1. The van der Waals surface area contributed by atoms with E-state index in [1.165, 1.54) is 0 Å². The molecule has 0 saturated heterocycles. The molecule has 1 amide bonds. The van der Waals surface area contributed by atoms with Crippen molar-refractivity contribution in [3.63, 3.8) is 0 Å². The van der Waals surface area contributed by atoms with Crippen molar-refractivity contribution < 1.29 is 14.7 Å². The van der Waals surface area contributed by atoms with Crippen LogP contribution in [-0.4, -0.2) is 33.0 Å². The van der Waals surface area contributed by atoms with Crippen molar-refractivity contribution in [1.82, 2.24) is 15.3 Å². The normalized spacial score (nSPS) is 12.1. The van der Waals surface area contributed by atoms with E-state index in [-0.39, 0.29) is 0 Å². The van der Waals surface area contributed by atoms with Crippen molar-refractivity contribution in [2.24, 2.45) is 0 Å². The van der Waals surface area contributed by atoms with Gasteiger partial charge in [0.05, 0.1) is 11.0 Å². The van der Waals surface area contributed by atoms with E-state index in [9.17, 15) is 9.59 Å². The van der Waals surface area contributed by atoms with Gasteiger partial charge in [-0.15, -0.1) is 0 Å². The minimum absolute atomic E-state index is 0.375. The molecule has 104 valence electrons. The maximum Gasteiger partial charge on any atom is 0.326 e. The Kier molecular flexibility index (Phi) is 4.24. The number of nitrogens with one attached hydrogen (secondary N) is 1. The summed E-state index contributed by atoms with van der Waals surface area (Å²) in [5.74, 6) is -1.45. The van der Waals surface area contributed by atoms with Crippen molar-refractivity contribution in [3.05, 3.63) is 36.2 Å². The molecule has 0 unspecified atom stereocenters. The Morgan fingerprint density at radius 2 is 1.95 bits per heavy atom. The van der Waals surface area contributed by atoms with Crippen LogP contribution in [0.25, 0.3) is 11.0 Å². The average molecular weight is 273 g/mol. The van der Waals surface area contributed by atoms with Crippen LogP contribution in [0.5, 0.6) is 0 Å². The van der Waals surface area contributed by atoms with Gasteiger partial charge < -0.3 is 10.4 Å². The van der Waals surface area contributed by atoms with Gasteiger partial charge in [-0.25, -0.2) is 4.79 Å². The molecule has 20 heavy (non-hydrogen) atoms. The van der Waals surface area contributed by atoms with Crippen LogP contribution in [0.15, 0.2) is 30.6 Å². The zero-order valence-electron chi connectivity index (χ0n) is 11.0. The van der Waals surface area contributed by atoms with Gasteiger partial charge in [-0.1, -0.05) is 13.3 Å². The molecule has 0 aliphatic rings. The molecule has 0 bridgehead atoms. The SMILES string of the molecule is CCC[C@H](NC(=O)c1ccc2nccnc2c1)C(=O)O. The standard InChI is InChI=1S/C14H15N3O3/c1-2-3-11(14(19)20)17-13(18)9-4-5-10-12(8-9)16-7-6-15-10/h4-8,11H,2-3H2,1H3,(H,17,18)(H,19,20)/t11-/m0/s1. The van der Waals surface area contributed by atoms with E-state index in [0.29, 0.717) is 29.4 Å². The van der Waals surface area contributed by atoms with Crippen LogP contribution in [0.2, 0.25) is 0 Å². The van der Waals surface area contributed by atoms with Gasteiger partial charge in [0.15, 0.2) is 0 Å². The fourth-order valence-corrected chi connectivity index (χ4v) is 1.89. The Bertz CT molecular complexity index is 642. The molecule has 0 saturated carbocycles. The van der Waals surface area contributed by atoms with E-state index < -0.39 is 17.9 Å². The van der Waals surface area contributed by atoms with Gasteiger partial charge in [-0.3, -0.25) is 14.8 Å². The lowest BCUT2D eigenvalue weighted by Crippen LogP contribution is -2.40. The second-order valence-corrected chi connectivity index (χ2v) is 4.41. The van der Waals surface area contributed by atoms with Crippen molar-refractivity contribution in [2.45, 2.75) is 25.8 Å².